The number of nitrogens with zero attached hydrogens (tertiary/aromatic N) is 1. The number of aryl methyl sites for hydroxylation is 1. The second-order valence-electron chi connectivity index (χ2n) is 5.96. The van der Waals surface area contributed by atoms with Gasteiger partial charge in [0.1, 0.15) is 11.4 Å². The quantitative estimate of drug-likeness (QED) is 0.396. The van der Waals surface area contributed by atoms with Gasteiger partial charge in [0, 0.05) is 13.1 Å². The van der Waals surface area contributed by atoms with Crippen LogP contribution in [0.3, 0.4) is 0 Å². The van der Waals surface area contributed by atoms with E-state index in [1.807, 2.05) is 13.0 Å². The first-order valence-electron chi connectivity index (χ1n) is 8.44. The molecule has 0 saturated carbocycles. The zero-order valence-corrected chi connectivity index (χ0v) is 14.5. The minimum absolute atomic E-state index is 0.231. The Kier molecular flexibility index (Phi) is 6.88. The lowest BCUT2D eigenvalue weighted by Gasteiger charge is -2.19. The molecule has 24 heavy (non-hydrogen) atoms. The Morgan fingerprint density at radius 1 is 1.17 bits per heavy atom. The predicted octanol–water partition coefficient (Wildman–Crippen LogP) is 2.68. The summed E-state index contributed by atoms with van der Waals surface area (Å²) >= 11 is 0. The Bertz CT molecular complexity index is 607. The molecule has 0 fully saturated rings. The predicted molar refractivity (Wildman–Crippen MR) is 97.0 cm³/mol. The van der Waals surface area contributed by atoms with Crippen molar-refractivity contribution in [2.75, 3.05) is 19.6 Å². The molecule has 0 aliphatic carbocycles. The molecule has 2 rings (SSSR count). The molecular weight excluding hydrogens is 302 g/mol. The Morgan fingerprint density at radius 3 is 2.62 bits per heavy atom. The van der Waals surface area contributed by atoms with Crippen LogP contribution in [0.25, 0.3) is 0 Å². The molecule has 0 aliphatic heterocycles. The van der Waals surface area contributed by atoms with E-state index >= 15 is 0 Å². The van der Waals surface area contributed by atoms with E-state index in [1.165, 1.54) is 5.56 Å². The second-order valence-corrected chi connectivity index (χ2v) is 5.96. The van der Waals surface area contributed by atoms with Crippen LogP contribution in [-0.4, -0.2) is 30.7 Å². The van der Waals surface area contributed by atoms with Crippen LogP contribution >= 0.6 is 0 Å². The number of nitrogens with one attached hydrogen (secondary N) is 2. The van der Waals surface area contributed by atoms with Crippen molar-refractivity contribution in [2.24, 2.45) is 4.99 Å². The molecule has 0 saturated heterocycles. The van der Waals surface area contributed by atoms with E-state index in [-0.39, 0.29) is 6.54 Å². The Balaban J connectivity index is 1.82. The fraction of sp³-hybridized carbons (Fsp3) is 0.421. The molecule has 0 amide bonds. The molecule has 1 atom stereocenters. The third kappa shape index (κ3) is 5.74. The number of aliphatic imine (C=N–C) groups is 1. The van der Waals surface area contributed by atoms with Crippen LogP contribution in [0.2, 0.25) is 0 Å². The molecule has 130 valence electrons. The van der Waals surface area contributed by atoms with Gasteiger partial charge in [-0.3, -0.25) is 0 Å². The maximum absolute atomic E-state index is 10.5. The molecule has 1 aromatic carbocycles. The molecule has 5 nitrogen and oxygen atoms in total. The van der Waals surface area contributed by atoms with Crippen LogP contribution in [0, 0.1) is 0 Å². The number of guanidine groups is 1. The van der Waals surface area contributed by atoms with Crippen molar-refractivity contribution >= 4 is 5.96 Å². The Hall–Kier alpha value is -2.27. The Morgan fingerprint density at radius 2 is 1.96 bits per heavy atom. The summed E-state index contributed by atoms with van der Waals surface area (Å²) in [5, 5.41) is 17.0. The number of aliphatic hydroxyl groups is 1. The van der Waals surface area contributed by atoms with Crippen LogP contribution in [0.1, 0.15) is 31.6 Å². The van der Waals surface area contributed by atoms with Gasteiger partial charge in [-0.1, -0.05) is 30.3 Å². The third-order valence-electron chi connectivity index (χ3n) is 3.72. The maximum atomic E-state index is 10.5. The highest BCUT2D eigenvalue weighted by molar-refractivity contribution is 5.79. The maximum Gasteiger partial charge on any atom is 0.191 e. The first-order valence-corrected chi connectivity index (χ1v) is 8.44. The molecule has 1 aromatic heterocycles. The largest absolute Gasteiger partial charge is 0.466 e. The number of furan rings is 1. The van der Waals surface area contributed by atoms with Gasteiger partial charge in [-0.15, -0.1) is 0 Å². The summed E-state index contributed by atoms with van der Waals surface area (Å²) in [6.07, 6.45) is 3.60. The van der Waals surface area contributed by atoms with E-state index in [9.17, 15) is 5.11 Å². The summed E-state index contributed by atoms with van der Waals surface area (Å²) in [5.74, 6) is 1.23. The molecule has 0 bridgehead atoms. The standard InChI is InChI=1S/C19H27N3O2/c1-3-20-18(21-13-7-11-16-9-5-4-6-10-16)22-15-19(2,23)17-12-8-14-24-17/h4-6,8-10,12,14,23H,3,7,11,13,15H2,1-2H3,(H2,20,21,22). The lowest BCUT2D eigenvalue weighted by atomic mass is 10.0. The van der Waals surface area contributed by atoms with Crippen molar-refractivity contribution in [1.82, 2.24) is 10.6 Å². The van der Waals surface area contributed by atoms with Gasteiger partial charge in [0.15, 0.2) is 5.96 Å². The van der Waals surface area contributed by atoms with Crippen molar-refractivity contribution < 1.29 is 9.52 Å². The molecule has 0 aliphatic rings. The third-order valence-corrected chi connectivity index (χ3v) is 3.72. The Labute approximate surface area is 143 Å². The smallest absolute Gasteiger partial charge is 0.191 e. The number of hydrogen-bond acceptors (Lipinski definition) is 3. The van der Waals surface area contributed by atoms with Gasteiger partial charge in [0.25, 0.3) is 0 Å². The number of hydrogen-bond donors (Lipinski definition) is 3. The topological polar surface area (TPSA) is 69.8 Å². The molecular formula is C19H27N3O2. The minimum Gasteiger partial charge on any atom is -0.466 e. The molecule has 0 spiro atoms. The van der Waals surface area contributed by atoms with Crippen LogP contribution in [-0.2, 0) is 12.0 Å². The first kappa shape index (κ1) is 18.1. The van der Waals surface area contributed by atoms with Crippen molar-refractivity contribution in [2.45, 2.75) is 32.3 Å². The zero-order valence-electron chi connectivity index (χ0n) is 14.5. The first-order chi connectivity index (χ1) is 11.6. The molecule has 2 aromatic rings. The normalized spacial score (nSPS) is 14.2. The molecule has 3 N–H and O–H groups in total. The van der Waals surface area contributed by atoms with E-state index in [0.717, 1.165) is 25.9 Å². The highest BCUT2D eigenvalue weighted by Gasteiger charge is 2.25. The highest BCUT2D eigenvalue weighted by Crippen LogP contribution is 2.20. The van der Waals surface area contributed by atoms with Gasteiger partial charge < -0.3 is 20.2 Å². The van der Waals surface area contributed by atoms with Gasteiger partial charge >= 0.3 is 0 Å². The molecule has 1 unspecified atom stereocenters. The van der Waals surface area contributed by atoms with Crippen LogP contribution in [0.4, 0.5) is 0 Å². The highest BCUT2D eigenvalue weighted by atomic mass is 16.4. The van der Waals surface area contributed by atoms with E-state index in [1.54, 1.807) is 25.3 Å². The summed E-state index contributed by atoms with van der Waals surface area (Å²) in [4.78, 5) is 4.47. The van der Waals surface area contributed by atoms with Crippen LogP contribution in [0.5, 0.6) is 0 Å². The van der Waals surface area contributed by atoms with E-state index in [2.05, 4.69) is 39.9 Å². The molecule has 0 radical (unpaired) electrons. The van der Waals surface area contributed by atoms with E-state index in [0.29, 0.717) is 11.7 Å². The minimum atomic E-state index is -1.12. The van der Waals surface area contributed by atoms with Gasteiger partial charge in [-0.05, 0) is 44.4 Å². The van der Waals surface area contributed by atoms with Crippen LogP contribution < -0.4 is 10.6 Å². The molecule has 5 heteroatoms. The van der Waals surface area contributed by atoms with Crippen molar-refractivity contribution in [3.63, 3.8) is 0 Å². The average molecular weight is 329 g/mol. The van der Waals surface area contributed by atoms with Crippen LogP contribution in [0.15, 0.2) is 58.1 Å². The fourth-order valence-corrected chi connectivity index (χ4v) is 2.38. The van der Waals surface area contributed by atoms with Gasteiger partial charge in [-0.25, -0.2) is 4.99 Å². The average Bonchev–Trinajstić information content (AvgIpc) is 3.13. The monoisotopic (exact) mass is 329 g/mol. The molecule has 1 heterocycles. The van der Waals surface area contributed by atoms with E-state index in [4.69, 9.17) is 4.42 Å². The zero-order chi connectivity index (χ0) is 17.3. The summed E-state index contributed by atoms with van der Waals surface area (Å²) in [6, 6.07) is 14.0. The summed E-state index contributed by atoms with van der Waals surface area (Å²) in [5.41, 5.74) is 0.220. The SMILES string of the molecule is CCNC(=NCC(C)(O)c1ccco1)NCCCc1ccccc1. The van der Waals surface area contributed by atoms with Gasteiger partial charge in [-0.2, -0.15) is 0 Å². The van der Waals surface area contributed by atoms with Crippen molar-refractivity contribution in [3.05, 3.63) is 60.1 Å². The van der Waals surface area contributed by atoms with Gasteiger partial charge in [0.05, 0.1) is 12.8 Å². The fourth-order valence-electron chi connectivity index (χ4n) is 2.38. The van der Waals surface area contributed by atoms with E-state index < -0.39 is 5.60 Å². The van der Waals surface area contributed by atoms with Crippen molar-refractivity contribution in [1.29, 1.82) is 0 Å². The lowest BCUT2D eigenvalue weighted by Crippen LogP contribution is -2.39. The number of rotatable bonds is 8. The summed E-state index contributed by atoms with van der Waals surface area (Å²) < 4.78 is 5.28. The van der Waals surface area contributed by atoms with Crippen molar-refractivity contribution in [3.8, 4) is 0 Å². The lowest BCUT2D eigenvalue weighted by molar-refractivity contribution is 0.0437. The summed E-state index contributed by atoms with van der Waals surface area (Å²) in [6.45, 7) is 5.55. The number of benzene rings is 1. The second kappa shape index (κ2) is 9.13. The van der Waals surface area contributed by atoms with Gasteiger partial charge in [0.2, 0.25) is 0 Å². The summed E-state index contributed by atoms with van der Waals surface area (Å²) in [7, 11) is 0.